The second-order valence-electron chi connectivity index (χ2n) is 3.30. The van der Waals surface area contributed by atoms with Crippen molar-refractivity contribution in [3.05, 3.63) is 17.3 Å². The maximum absolute atomic E-state index is 5.61. The quantitative estimate of drug-likeness (QED) is 0.756. The minimum Gasteiger partial charge on any atom is -0.397 e. The molecule has 3 nitrogen and oxygen atoms in total. The lowest BCUT2D eigenvalue weighted by atomic mass is 10.2. The molecule has 0 aliphatic rings. The molecule has 0 unspecified atom stereocenters. The Bertz CT molecular complexity index is 433. The molecule has 2 aromatic heterocycles. The molecular weight excluding hydrogens is 182 g/mol. The van der Waals surface area contributed by atoms with Gasteiger partial charge in [0, 0.05) is 5.92 Å². The number of hydrogen-bond acceptors (Lipinski definition) is 4. The van der Waals surface area contributed by atoms with Crippen molar-refractivity contribution in [3.8, 4) is 0 Å². The predicted octanol–water partition coefficient (Wildman–Crippen LogP) is 2.40. The van der Waals surface area contributed by atoms with Crippen LogP contribution in [0.2, 0.25) is 0 Å². The zero-order valence-corrected chi connectivity index (χ0v) is 8.43. The van der Waals surface area contributed by atoms with Crippen molar-refractivity contribution in [2.24, 2.45) is 0 Å². The number of hydrogen-bond donors (Lipinski definition) is 1. The molecule has 0 spiro atoms. The lowest BCUT2D eigenvalue weighted by Crippen LogP contribution is -1.86. The van der Waals surface area contributed by atoms with E-state index in [4.69, 9.17) is 5.73 Å². The van der Waals surface area contributed by atoms with Crippen LogP contribution in [0.1, 0.15) is 24.8 Å². The average molecular weight is 193 g/mol. The molecule has 0 saturated carbocycles. The van der Waals surface area contributed by atoms with E-state index in [2.05, 4.69) is 23.8 Å². The fourth-order valence-electron chi connectivity index (χ4n) is 1.10. The highest BCUT2D eigenvalue weighted by atomic mass is 32.1. The second kappa shape index (κ2) is 2.96. The summed E-state index contributed by atoms with van der Waals surface area (Å²) in [5.41, 5.74) is 7.20. The van der Waals surface area contributed by atoms with E-state index in [1.807, 2.05) is 6.07 Å². The van der Waals surface area contributed by atoms with Crippen LogP contribution in [-0.4, -0.2) is 9.97 Å². The van der Waals surface area contributed by atoms with Crippen molar-refractivity contribution in [3.63, 3.8) is 0 Å². The molecule has 0 radical (unpaired) electrons. The van der Waals surface area contributed by atoms with Gasteiger partial charge in [-0.25, -0.2) is 9.97 Å². The van der Waals surface area contributed by atoms with Gasteiger partial charge in [-0.1, -0.05) is 25.2 Å². The number of nitrogens with zero attached hydrogens (tertiary/aromatic N) is 2. The number of thiazole rings is 1. The van der Waals surface area contributed by atoms with Crippen molar-refractivity contribution in [1.82, 2.24) is 9.97 Å². The molecule has 0 saturated heterocycles. The number of aromatic nitrogens is 2. The summed E-state index contributed by atoms with van der Waals surface area (Å²) < 4.78 is 0. The monoisotopic (exact) mass is 193 g/mol. The zero-order valence-electron chi connectivity index (χ0n) is 7.61. The third kappa shape index (κ3) is 1.49. The van der Waals surface area contributed by atoms with Crippen molar-refractivity contribution in [1.29, 1.82) is 0 Å². The highest BCUT2D eigenvalue weighted by Gasteiger charge is 2.07. The smallest absolute Gasteiger partial charge is 0.143 e. The Morgan fingerprint density at radius 2 is 2.23 bits per heavy atom. The van der Waals surface area contributed by atoms with Gasteiger partial charge in [0.2, 0.25) is 0 Å². The highest BCUT2D eigenvalue weighted by molar-refractivity contribution is 7.18. The summed E-state index contributed by atoms with van der Waals surface area (Å²) in [5.74, 6) is 0.459. The number of nitrogens with two attached hydrogens (primary N) is 1. The predicted molar refractivity (Wildman–Crippen MR) is 55.9 cm³/mol. The van der Waals surface area contributed by atoms with E-state index in [-0.39, 0.29) is 0 Å². The molecule has 2 heterocycles. The maximum atomic E-state index is 5.61. The Balaban J connectivity index is 2.62. The molecule has 2 N–H and O–H groups in total. The summed E-state index contributed by atoms with van der Waals surface area (Å²) in [6, 6.07) is 1.87. The Hall–Kier alpha value is -1.16. The van der Waals surface area contributed by atoms with E-state index in [1.165, 1.54) is 0 Å². The molecular formula is C9H11N3S. The average Bonchev–Trinajstić information content (AvgIpc) is 2.46. The standard InChI is InChI=1S/C9H11N3S/c1-5(2)8-12-7-3-6(10)4-11-9(7)13-8/h3-5H,10H2,1-2H3. The Labute approximate surface area is 80.6 Å². The third-order valence-corrected chi connectivity index (χ3v) is 3.06. The van der Waals surface area contributed by atoms with Crippen LogP contribution in [0.25, 0.3) is 10.3 Å². The van der Waals surface area contributed by atoms with Crippen LogP contribution in [0.3, 0.4) is 0 Å². The van der Waals surface area contributed by atoms with Gasteiger partial charge in [-0.15, -0.1) is 0 Å². The molecule has 0 aromatic carbocycles. The SMILES string of the molecule is CC(C)c1nc2cc(N)cnc2s1. The van der Waals surface area contributed by atoms with Crippen LogP contribution in [0, 0.1) is 0 Å². The lowest BCUT2D eigenvalue weighted by molar-refractivity contribution is 0.857. The van der Waals surface area contributed by atoms with E-state index in [0.29, 0.717) is 11.6 Å². The third-order valence-electron chi connectivity index (χ3n) is 1.78. The summed E-state index contributed by atoms with van der Waals surface area (Å²) in [6.07, 6.45) is 1.67. The number of pyridine rings is 1. The highest BCUT2D eigenvalue weighted by Crippen LogP contribution is 2.26. The van der Waals surface area contributed by atoms with Crippen molar-refractivity contribution >= 4 is 27.4 Å². The fourth-order valence-corrected chi connectivity index (χ4v) is 1.99. The molecule has 0 bridgehead atoms. The van der Waals surface area contributed by atoms with Crippen molar-refractivity contribution in [2.75, 3.05) is 5.73 Å². The van der Waals surface area contributed by atoms with Crippen molar-refractivity contribution in [2.45, 2.75) is 19.8 Å². The first kappa shape index (κ1) is 8.44. The topological polar surface area (TPSA) is 51.8 Å². The van der Waals surface area contributed by atoms with Crippen LogP contribution < -0.4 is 5.73 Å². The molecule has 0 amide bonds. The molecule has 0 aliphatic carbocycles. The molecule has 68 valence electrons. The second-order valence-corrected chi connectivity index (χ2v) is 4.31. The summed E-state index contributed by atoms with van der Waals surface area (Å²) in [6.45, 7) is 4.25. The normalized spacial score (nSPS) is 11.3. The molecule has 4 heteroatoms. The zero-order chi connectivity index (χ0) is 9.42. The van der Waals surface area contributed by atoms with E-state index < -0.39 is 0 Å². The van der Waals surface area contributed by atoms with E-state index in [1.54, 1.807) is 17.5 Å². The molecule has 0 aliphatic heterocycles. The van der Waals surface area contributed by atoms with E-state index in [0.717, 1.165) is 15.4 Å². The van der Waals surface area contributed by atoms with Crippen LogP contribution in [0.5, 0.6) is 0 Å². The Morgan fingerprint density at radius 3 is 2.92 bits per heavy atom. The lowest BCUT2D eigenvalue weighted by Gasteiger charge is -1.94. The molecule has 13 heavy (non-hydrogen) atoms. The first-order valence-corrected chi connectivity index (χ1v) is 5.00. The largest absolute Gasteiger partial charge is 0.397 e. The molecule has 0 fully saturated rings. The maximum Gasteiger partial charge on any atom is 0.143 e. The van der Waals surface area contributed by atoms with Gasteiger partial charge in [0.15, 0.2) is 0 Å². The molecule has 0 atom stereocenters. The van der Waals surface area contributed by atoms with Crippen LogP contribution in [0.15, 0.2) is 12.3 Å². The summed E-state index contributed by atoms with van der Waals surface area (Å²) >= 11 is 1.64. The van der Waals surface area contributed by atoms with Gasteiger partial charge in [0.05, 0.1) is 16.9 Å². The van der Waals surface area contributed by atoms with E-state index >= 15 is 0 Å². The van der Waals surface area contributed by atoms with Crippen molar-refractivity contribution < 1.29 is 0 Å². The van der Waals surface area contributed by atoms with E-state index in [9.17, 15) is 0 Å². The first-order chi connectivity index (χ1) is 6.16. The Morgan fingerprint density at radius 1 is 1.46 bits per heavy atom. The summed E-state index contributed by atoms with van der Waals surface area (Å²) in [4.78, 5) is 9.63. The van der Waals surface area contributed by atoms with Crippen LogP contribution >= 0.6 is 11.3 Å². The number of fused-ring (bicyclic) bond motifs is 1. The molecule has 2 aromatic rings. The number of rotatable bonds is 1. The van der Waals surface area contributed by atoms with Gasteiger partial charge in [0.1, 0.15) is 10.3 Å². The molecule has 2 rings (SSSR count). The number of nitrogen functional groups attached to an aromatic ring is 1. The first-order valence-electron chi connectivity index (χ1n) is 4.19. The van der Waals surface area contributed by atoms with Gasteiger partial charge in [0.25, 0.3) is 0 Å². The van der Waals surface area contributed by atoms with Gasteiger partial charge in [-0.2, -0.15) is 0 Å². The van der Waals surface area contributed by atoms with Crippen LogP contribution in [-0.2, 0) is 0 Å². The van der Waals surface area contributed by atoms with Gasteiger partial charge >= 0.3 is 0 Å². The minimum absolute atomic E-state index is 0.459. The Kier molecular flexibility index (Phi) is 1.92. The summed E-state index contributed by atoms with van der Waals surface area (Å²) in [7, 11) is 0. The van der Waals surface area contributed by atoms with Gasteiger partial charge < -0.3 is 5.73 Å². The van der Waals surface area contributed by atoms with Gasteiger partial charge in [-0.05, 0) is 6.07 Å². The minimum atomic E-state index is 0.459. The number of anilines is 1. The summed E-state index contributed by atoms with van der Waals surface area (Å²) in [5, 5.41) is 1.12. The fraction of sp³-hybridized carbons (Fsp3) is 0.333. The van der Waals surface area contributed by atoms with Crippen LogP contribution in [0.4, 0.5) is 5.69 Å². The van der Waals surface area contributed by atoms with Gasteiger partial charge in [-0.3, -0.25) is 0 Å².